The van der Waals surface area contributed by atoms with Crippen molar-refractivity contribution in [2.45, 2.75) is 27.7 Å². The first-order chi connectivity index (χ1) is 6.47. The minimum absolute atomic E-state index is 0.125. The summed E-state index contributed by atoms with van der Waals surface area (Å²) in [6, 6.07) is 0. The van der Waals surface area contributed by atoms with Crippen molar-refractivity contribution in [2.75, 3.05) is 13.2 Å². The van der Waals surface area contributed by atoms with Gasteiger partial charge in [0.15, 0.2) is 0 Å². The summed E-state index contributed by atoms with van der Waals surface area (Å²) in [5.74, 6) is 0.167. The Labute approximate surface area is 87.8 Å². The van der Waals surface area contributed by atoms with Crippen molar-refractivity contribution in [3.8, 4) is 0 Å². The number of allylic oxidation sites excluding steroid dienone is 2. The quantitative estimate of drug-likeness (QED) is 0.642. The highest BCUT2D eigenvalue weighted by molar-refractivity contribution is 5.72. The van der Waals surface area contributed by atoms with Gasteiger partial charge in [0, 0.05) is 0 Å². The molecule has 0 rings (SSSR count). The third kappa shape index (κ3) is 229000. The first-order valence-corrected chi connectivity index (χ1v) is 4.31. The Balaban J connectivity index is -0.0000000482. The number of aliphatic hydroxyl groups is 2. The van der Waals surface area contributed by atoms with Gasteiger partial charge in [-0.25, -0.2) is 0 Å². The predicted molar refractivity (Wildman–Crippen MR) is 62.3 cm³/mol. The maximum Gasteiger partial charge on any atom is 0.126 e. The van der Waals surface area contributed by atoms with Gasteiger partial charge in [0.25, 0.3) is 0 Å². The van der Waals surface area contributed by atoms with Crippen LogP contribution in [-0.2, 0) is 4.79 Å². The van der Waals surface area contributed by atoms with E-state index in [9.17, 15) is 4.79 Å². The molecule has 0 spiro atoms. The number of carbonyl (C=O) groups is 1. The molecule has 0 aromatic carbocycles. The average Bonchev–Trinajstić information content (AvgIpc) is 2.06. The lowest BCUT2D eigenvalue weighted by molar-refractivity contribution is -0.114. The Morgan fingerprint density at radius 1 is 1.07 bits per heavy atom. The molecule has 3 heteroatoms. The summed E-state index contributed by atoms with van der Waals surface area (Å²) < 4.78 is 0. The van der Waals surface area contributed by atoms with Gasteiger partial charge in [-0.15, -0.1) is 13.2 Å². The minimum Gasteiger partial charge on any atom is -0.394 e. The van der Waals surface area contributed by atoms with E-state index < -0.39 is 0 Å². The molecule has 0 atom stereocenters. The average molecular weight is 204 g/mol. The van der Waals surface area contributed by atoms with E-state index in [4.69, 9.17) is 10.2 Å². The molecule has 0 fully saturated rings. The zero-order chi connectivity index (χ0) is 12.4. The van der Waals surface area contributed by atoms with Crippen LogP contribution in [0.2, 0.25) is 0 Å². The van der Waals surface area contributed by atoms with Crippen molar-refractivity contribution in [3.05, 3.63) is 25.3 Å². The third-order valence-corrected chi connectivity index (χ3v) is 0.1000. The van der Waals surface area contributed by atoms with E-state index in [1.54, 1.807) is 12.2 Å². The topological polar surface area (TPSA) is 57.5 Å². The first kappa shape index (κ1) is 23.1. The van der Waals surface area contributed by atoms with Crippen LogP contribution < -0.4 is 0 Å². The molecule has 0 unspecified atom stereocenters. The molecule has 0 bridgehead atoms. The fraction of sp³-hybridized carbons (Fsp3) is 0.545. The van der Waals surface area contributed by atoms with Crippen molar-refractivity contribution in [1.29, 1.82) is 0 Å². The van der Waals surface area contributed by atoms with Crippen LogP contribution in [0.15, 0.2) is 25.3 Å². The highest BCUT2D eigenvalue weighted by atomic mass is 16.3. The van der Waals surface area contributed by atoms with Gasteiger partial charge < -0.3 is 15.0 Å². The second-order valence-corrected chi connectivity index (χ2v) is 2.17. The molecule has 3 nitrogen and oxygen atoms in total. The molecule has 0 amide bonds. The molecule has 0 aromatic rings. The highest BCUT2D eigenvalue weighted by Crippen LogP contribution is 1.50. The molecular weight excluding hydrogens is 180 g/mol. The van der Waals surface area contributed by atoms with E-state index in [1.807, 2.05) is 13.8 Å². The van der Waals surface area contributed by atoms with Crippen molar-refractivity contribution in [2.24, 2.45) is 0 Å². The maximum absolute atomic E-state index is 9.44. The van der Waals surface area contributed by atoms with Gasteiger partial charge in [0.05, 0.1) is 13.2 Å². The van der Waals surface area contributed by atoms with E-state index in [-0.39, 0.29) is 19.0 Å². The zero-order valence-electron chi connectivity index (χ0n) is 9.79. The number of ketones is 1. The molecule has 0 aliphatic carbocycles. The summed E-state index contributed by atoms with van der Waals surface area (Å²) in [6.45, 7) is 13.3. The molecule has 0 aromatic heterocycles. The standard InChI is InChI=1S/C3H6O.2C3H6.C2H6O2/c1-3(2)4;2*1-3-2;3-1-2-4/h1-2H3;2*3H,1H2,2H3;3-4H,1-2H2. The smallest absolute Gasteiger partial charge is 0.126 e. The second kappa shape index (κ2) is 40.1. The summed E-state index contributed by atoms with van der Waals surface area (Å²) in [7, 11) is 0. The van der Waals surface area contributed by atoms with Crippen LogP contribution in [0.5, 0.6) is 0 Å². The van der Waals surface area contributed by atoms with Crippen LogP contribution in [0, 0.1) is 0 Å². The molecule has 2 N–H and O–H groups in total. The summed E-state index contributed by atoms with van der Waals surface area (Å²) in [5.41, 5.74) is 0. The van der Waals surface area contributed by atoms with E-state index in [2.05, 4.69) is 13.2 Å². The van der Waals surface area contributed by atoms with Gasteiger partial charge in [-0.3, -0.25) is 0 Å². The molecule has 0 radical (unpaired) electrons. The van der Waals surface area contributed by atoms with Crippen LogP contribution in [0.3, 0.4) is 0 Å². The Morgan fingerprint density at radius 2 is 1.14 bits per heavy atom. The fourth-order valence-corrected chi connectivity index (χ4v) is 0. The van der Waals surface area contributed by atoms with Crippen molar-refractivity contribution in [3.63, 3.8) is 0 Å². The molecule has 0 aliphatic rings. The highest BCUT2D eigenvalue weighted by Gasteiger charge is 1.62. The van der Waals surface area contributed by atoms with E-state index in [0.29, 0.717) is 0 Å². The first-order valence-electron chi connectivity index (χ1n) is 4.31. The number of aliphatic hydroxyl groups excluding tert-OH is 2. The third-order valence-electron chi connectivity index (χ3n) is 0.1000. The maximum atomic E-state index is 9.44. The monoisotopic (exact) mass is 204 g/mol. The number of rotatable bonds is 1. The van der Waals surface area contributed by atoms with Gasteiger partial charge in [0.2, 0.25) is 0 Å². The van der Waals surface area contributed by atoms with Crippen molar-refractivity contribution >= 4 is 5.78 Å². The Hall–Kier alpha value is -0.930. The van der Waals surface area contributed by atoms with Crippen molar-refractivity contribution < 1.29 is 15.0 Å². The number of hydrogen-bond donors (Lipinski definition) is 2. The Morgan fingerprint density at radius 3 is 1.14 bits per heavy atom. The molecule has 0 saturated carbocycles. The lowest BCUT2D eigenvalue weighted by Crippen LogP contribution is -1.85. The van der Waals surface area contributed by atoms with Crippen LogP contribution in [-0.4, -0.2) is 29.2 Å². The Bertz CT molecular complexity index is 97.1. The largest absolute Gasteiger partial charge is 0.394 e. The van der Waals surface area contributed by atoms with Crippen LogP contribution in [0.4, 0.5) is 0 Å². The minimum atomic E-state index is -0.125. The molecule has 14 heavy (non-hydrogen) atoms. The fourth-order valence-electron chi connectivity index (χ4n) is 0. The SMILES string of the molecule is C=CC.C=CC.CC(C)=O.OCCO. The Kier molecular flexibility index (Phi) is 66.4. The van der Waals surface area contributed by atoms with E-state index >= 15 is 0 Å². The van der Waals surface area contributed by atoms with E-state index in [0.717, 1.165) is 0 Å². The molecule has 0 saturated heterocycles. The molecule has 0 heterocycles. The van der Waals surface area contributed by atoms with Gasteiger partial charge in [-0.1, -0.05) is 12.2 Å². The summed E-state index contributed by atoms with van der Waals surface area (Å²) in [6.07, 6.45) is 3.50. The van der Waals surface area contributed by atoms with Crippen LogP contribution in [0.1, 0.15) is 27.7 Å². The summed E-state index contributed by atoms with van der Waals surface area (Å²) in [5, 5.41) is 15.2. The summed E-state index contributed by atoms with van der Waals surface area (Å²) >= 11 is 0. The molecular formula is C11H24O3. The number of hydrogen-bond acceptors (Lipinski definition) is 3. The van der Waals surface area contributed by atoms with Crippen LogP contribution >= 0.6 is 0 Å². The van der Waals surface area contributed by atoms with Crippen LogP contribution in [0.25, 0.3) is 0 Å². The van der Waals surface area contributed by atoms with Crippen molar-refractivity contribution in [1.82, 2.24) is 0 Å². The lowest BCUT2D eigenvalue weighted by atomic mass is 10.6. The molecule has 86 valence electrons. The zero-order valence-corrected chi connectivity index (χ0v) is 9.79. The van der Waals surface area contributed by atoms with Gasteiger partial charge >= 0.3 is 0 Å². The van der Waals surface area contributed by atoms with Gasteiger partial charge in [-0.2, -0.15) is 0 Å². The second-order valence-electron chi connectivity index (χ2n) is 2.17. The lowest BCUT2D eigenvalue weighted by Gasteiger charge is -1.70. The predicted octanol–water partition coefficient (Wildman–Crippen LogP) is 1.95. The normalized spacial score (nSPS) is 5.86. The number of carbonyl (C=O) groups excluding carboxylic acids is 1. The molecule has 0 aliphatic heterocycles. The summed E-state index contributed by atoms with van der Waals surface area (Å²) in [4.78, 5) is 9.44. The number of Topliss-reactive ketones (excluding diaryl/α,β-unsaturated/α-hetero) is 1. The van der Waals surface area contributed by atoms with Gasteiger partial charge in [-0.05, 0) is 27.7 Å². The van der Waals surface area contributed by atoms with Gasteiger partial charge in [0.1, 0.15) is 5.78 Å². The van der Waals surface area contributed by atoms with E-state index in [1.165, 1.54) is 13.8 Å².